The van der Waals surface area contributed by atoms with Crippen molar-refractivity contribution in [2.45, 2.75) is 53.6 Å². The second-order valence-electron chi connectivity index (χ2n) is 6.58. The van der Waals surface area contributed by atoms with Gasteiger partial charge in [-0.1, -0.05) is 0 Å². The van der Waals surface area contributed by atoms with Crippen LogP contribution in [0, 0.1) is 0 Å². The molecule has 0 N–H and O–H groups in total. The minimum Gasteiger partial charge on any atom is -0.490 e. The first kappa shape index (κ1) is 21.8. The number of amidine groups is 1. The Balaban J connectivity index is 2.44. The summed E-state index contributed by atoms with van der Waals surface area (Å²) < 4.78 is 12.2. The highest BCUT2D eigenvalue weighted by Gasteiger charge is 2.35. The predicted molar refractivity (Wildman–Crippen MR) is 117 cm³/mol. The summed E-state index contributed by atoms with van der Waals surface area (Å²) >= 11 is 4.97. The quantitative estimate of drug-likeness (QED) is 0.521. The van der Waals surface area contributed by atoms with Crippen molar-refractivity contribution in [3.8, 4) is 11.5 Å². The van der Waals surface area contributed by atoms with E-state index in [0.29, 0.717) is 29.6 Å². The highest BCUT2D eigenvalue weighted by atomic mass is 79.9. The van der Waals surface area contributed by atoms with Crippen LogP contribution in [0.4, 0.5) is 0 Å². The lowest BCUT2D eigenvalue weighted by atomic mass is 10.1. The molecule has 0 bridgehead atoms. The molecule has 0 aromatic heterocycles. The Morgan fingerprint density at radius 2 is 1.85 bits per heavy atom. The van der Waals surface area contributed by atoms with Crippen LogP contribution in [0.3, 0.4) is 0 Å². The maximum absolute atomic E-state index is 12.9. The van der Waals surface area contributed by atoms with Crippen LogP contribution in [-0.2, 0) is 4.79 Å². The monoisotopic (exact) mass is 454 g/mol. The van der Waals surface area contributed by atoms with Gasteiger partial charge in [0.05, 0.1) is 22.6 Å². The molecule has 0 spiro atoms. The zero-order valence-electron chi connectivity index (χ0n) is 16.7. The first-order valence-electron chi connectivity index (χ1n) is 9.18. The molecule has 1 aromatic carbocycles. The topological polar surface area (TPSA) is 51.1 Å². The molecular weight excluding hydrogens is 428 g/mol. The number of rotatable bonds is 7. The van der Waals surface area contributed by atoms with Crippen LogP contribution in [0.15, 0.2) is 26.5 Å². The third-order valence-corrected chi connectivity index (χ3v) is 5.23. The Bertz CT molecular complexity index is 760. The molecule has 0 atom stereocenters. The van der Waals surface area contributed by atoms with E-state index in [1.165, 1.54) is 11.8 Å². The maximum Gasteiger partial charge on any atom is 0.266 e. The van der Waals surface area contributed by atoms with Crippen LogP contribution < -0.4 is 9.47 Å². The molecular formula is C20H27BrN2O3S. The van der Waals surface area contributed by atoms with Crippen LogP contribution >= 0.6 is 27.7 Å². The van der Waals surface area contributed by atoms with E-state index in [4.69, 9.17) is 9.47 Å². The molecule has 1 saturated heterocycles. The maximum atomic E-state index is 12.9. The zero-order valence-corrected chi connectivity index (χ0v) is 19.1. The second kappa shape index (κ2) is 9.64. The number of aliphatic imine (C=N–C) groups is 1. The number of carbonyl (C=O) groups excluding carboxylic acids is 1. The van der Waals surface area contributed by atoms with Crippen molar-refractivity contribution < 1.29 is 14.3 Å². The summed E-state index contributed by atoms with van der Waals surface area (Å²) in [5.41, 5.74) is 0.874. The average Bonchev–Trinajstić information content (AvgIpc) is 2.85. The lowest BCUT2D eigenvalue weighted by molar-refractivity contribution is -0.123. The normalized spacial score (nSPS) is 17.7. The Morgan fingerprint density at radius 3 is 2.41 bits per heavy atom. The van der Waals surface area contributed by atoms with Gasteiger partial charge in [0.25, 0.3) is 5.91 Å². The van der Waals surface area contributed by atoms with E-state index in [1.807, 2.05) is 59.8 Å². The largest absolute Gasteiger partial charge is 0.490 e. The van der Waals surface area contributed by atoms with Gasteiger partial charge in [0.1, 0.15) is 0 Å². The molecule has 0 saturated carbocycles. The minimum absolute atomic E-state index is 0.0163. The molecule has 1 aliphatic heterocycles. The third-order valence-electron chi connectivity index (χ3n) is 3.64. The van der Waals surface area contributed by atoms with E-state index in [9.17, 15) is 4.79 Å². The summed E-state index contributed by atoms with van der Waals surface area (Å²) in [5.74, 6) is 1.32. The van der Waals surface area contributed by atoms with Gasteiger partial charge in [-0.3, -0.25) is 14.7 Å². The van der Waals surface area contributed by atoms with Gasteiger partial charge < -0.3 is 9.47 Å². The number of ether oxygens (including phenoxy) is 2. The SMILES string of the molecule is CCOc1cc(/C=C2/SC(=NC(C)C)N(C(C)C)C2=O)cc(Br)c1OCC. The number of carbonyl (C=O) groups is 1. The summed E-state index contributed by atoms with van der Waals surface area (Å²) in [6, 6.07) is 4.02. The van der Waals surface area contributed by atoms with Crippen molar-refractivity contribution in [1.82, 2.24) is 4.90 Å². The van der Waals surface area contributed by atoms with Crippen molar-refractivity contribution in [2.24, 2.45) is 4.99 Å². The molecule has 2 rings (SSSR count). The molecule has 0 radical (unpaired) electrons. The van der Waals surface area contributed by atoms with Crippen molar-refractivity contribution in [1.29, 1.82) is 0 Å². The summed E-state index contributed by atoms with van der Waals surface area (Å²) in [7, 11) is 0. The van der Waals surface area contributed by atoms with Gasteiger partial charge in [0.2, 0.25) is 0 Å². The van der Waals surface area contributed by atoms with E-state index < -0.39 is 0 Å². The standard InChI is InChI=1S/C20H27BrN2O3S/c1-7-25-16-10-14(9-15(21)18(16)26-8-2)11-17-19(24)23(13(5)6)20(27-17)22-12(3)4/h9-13H,7-8H2,1-6H3/b17-11+,22-20?. The summed E-state index contributed by atoms with van der Waals surface area (Å²) in [5, 5.41) is 0.756. The fraction of sp³-hybridized carbons (Fsp3) is 0.500. The van der Waals surface area contributed by atoms with Gasteiger partial charge >= 0.3 is 0 Å². The highest BCUT2D eigenvalue weighted by Crippen LogP contribution is 2.39. The van der Waals surface area contributed by atoms with Crippen molar-refractivity contribution in [3.63, 3.8) is 0 Å². The smallest absolute Gasteiger partial charge is 0.266 e. The number of hydrogen-bond acceptors (Lipinski definition) is 5. The van der Waals surface area contributed by atoms with E-state index in [0.717, 1.165) is 15.2 Å². The van der Waals surface area contributed by atoms with E-state index in [-0.39, 0.29) is 18.0 Å². The average molecular weight is 455 g/mol. The second-order valence-corrected chi connectivity index (χ2v) is 8.44. The van der Waals surface area contributed by atoms with Gasteiger partial charge in [-0.15, -0.1) is 0 Å². The van der Waals surface area contributed by atoms with Crippen LogP contribution in [0.25, 0.3) is 6.08 Å². The molecule has 1 heterocycles. The number of benzene rings is 1. The van der Waals surface area contributed by atoms with Gasteiger partial charge in [0, 0.05) is 12.1 Å². The third kappa shape index (κ3) is 5.29. The number of hydrogen-bond donors (Lipinski definition) is 0. The zero-order chi connectivity index (χ0) is 20.1. The summed E-state index contributed by atoms with van der Waals surface area (Å²) in [6.45, 7) is 13.0. The molecule has 7 heteroatoms. The fourth-order valence-corrected chi connectivity index (χ4v) is 4.43. The molecule has 5 nitrogen and oxygen atoms in total. The number of thioether (sulfide) groups is 1. The van der Waals surface area contributed by atoms with Crippen molar-refractivity contribution in [3.05, 3.63) is 27.1 Å². The minimum atomic E-state index is -0.0163. The Morgan fingerprint density at radius 1 is 1.19 bits per heavy atom. The highest BCUT2D eigenvalue weighted by molar-refractivity contribution is 9.10. The van der Waals surface area contributed by atoms with Gasteiger partial charge in [-0.25, -0.2) is 0 Å². The molecule has 1 aliphatic rings. The van der Waals surface area contributed by atoms with Gasteiger partial charge in [0.15, 0.2) is 16.7 Å². The fourth-order valence-electron chi connectivity index (χ4n) is 2.62. The van der Waals surface area contributed by atoms with E-state index in [2.05, 4.69) is 20.9 Å². The number of nitrogens with zero attached hydrogens (tertiary/aromatic N) is 2. The van der Waals surface area contributed by atoms with Crippen LogP contribution in [0.1, 0.15) is 47.1 Å². The van der Waals surface area contributed by atoms with Crippen molar-refractivity contribution >= 4 is 44.8 Å². The molecule has 1 amide bonds. The van der Waals surface area contributed by atoms with Crippen LogP contribution in [0.2, 0.25) is 0 Å². The van der Waals surface area contributed by atoms with E-state index >= 15 is 0 Å². The number of amides is 1. The lowest BCUT2D eigenvalue weighted by Gasteiger charge is -2.20. The van der Waals surface area contributed by atoms with Crippen LogP contribution in [-0.4, -0.2) is 41.3 Å². The Kier molecular flexibility index (Phi) is 7.79. The number of halogens is 1. The molecule has 148 valence electrons. The molecule has 0 unspecified atom stereocenters. The van der Waals surface area contributed by atoms with Crippen molar-refractivity contribution in [2.75, 3.05) is 13.2 Å². The Hall–Kier alpha value is -1.47. The molecule has 1 aromatic rings. The molecule has 27 heavy (non-hydrogen) atoms. The van der Waals surface area contributed by atoms with Gasteiger partial charge in [-0.05, 0) is 93.0 Å². The summed E-state index contributed by atoms with van der Waals surface area (Å²) in [4.78, 5) is 19.9. The molecule has 0 aliphatic carbocycles. The first-order chi connectivity index (χ1) is 12.8. The van der Waals surface area contributed by atoms with Gasteiger partial charge in [-0.2, -0.15) is 0 Å². The van der Waals surface area contributed by atoms with Crippen LogP contribution in [0.5, 0.6) is 11.5 Å². The first-order valence-corrected chi connectivity index (χ1v) is 10.8. The van der Waals surface area contributed by atoms with E-state index in [1.54, 1.807) is 4.90 Å². The molecule has 1 fully saturated rings. The predicted octanol–water partition coefficient (Wildman–Crippen LogP) is 5.34. The lowest BCUT2D eigenvalue weighted by Crippen LogP contribution is -2.35. The Labute approximate surface area is 174 Å². The summed E-state index contributed by atoms with van der Waals surface area (Å²) in [6.07, 6.45) is 1.88.